The van der Waals surface area contributed by atoms with Crippen LogP contribution in [0.25, 0.3) is 11.4 Å². The van der Waals surface area contributed by atoms with Gasteiger partial charge in [-0.1, -0.05) is 30.3 Å². The molecule has 0 saturated carbocycles. The minimum atomic E-state index is -0.553. The molecule has 0 N–H and O–H groups in total. The molecular weight excluding hydrogens is 428 g/mol. The summed E-state index contributed by atoms with van der Waals surface area (Å²) in [7, 11) is 0. The molecule has 0 amide bonds. The molecule has 2 aromatic heterocycles. The first-order chi connectivity index (χ1) is 15.6. The topological polar surface area (TPSA) is 38.9 Å². The van der Waals surface area contributed by atoms with Crippen molar-refractivity contribution in [3.05, 3.63) is 94.5 Å². The van der Waals surface area contributed by atoms with Crippen LogP contribution in [0.4, 0.5) is 14.5 Å². The molecule has 2 aromatic carbocycles. The van der Waals surface area contributed by atoms with Gasteiger partial charge in [0, 0.05) is 30.6 Å². The molecule has 0 radical (unpaired) electrons. The summed E-state index contributed by atoms with van der Waals surface area (Å²) in [6.45, 7) is 1.48. The van der Waals surface area contributed by atoms with Gasteiger partial charge in [-0.2, -0.15) is 0 Å². The van der Waals surface area contributed by atoms with E-state index in [1.54, 1.807) is 17.1 Å². The number of fused-ring (bicyclic) bond motifs is 1. The van der Waals surface area contributed by atoms with Crippen molar-refractivity contribution >= 4 is 17.9 Å². The molecule has 5 nitrogen and oxygen atoms in total. The summed E-state index contributed by atoms with van der Waals surface area (Å²) in [5.41, 5.74) is 3.05. The molecule has 1 aliphatic heterocycles. The summed E-state index contributed by atoms with van der Waals surface area (Å²) in [5.74, 6) is -0.406. The first-order valence-electron chi connectivity index (χ1n) is 10.4. The summed E-state index contributed by atoms with van der Waals surface area (Å²) in [6.07, 6.45) is 4.92. The van der Waals surface area contributed by atoms with Crippen molar-refractivity contribution in [1.82, 2.24) is 19.3 Å². The Morgan fingerprint density at radius 2 is 1.88 bits per heavy atom. The van der Waals surface area contributed by atoms with Gasteiger partial charge in [0.1, 0.15) is 18.3 Å². The zero-order chi connectivity index (χ0) is 22.1. The van der Waals surface area contributed by atoms with Gasteiger partial charge in [-0.05, 0) is 54.4 Å². The quantitative estimate of drug-likeness (QED) is 0.392. The maximum absolute atomic E-state index is 14.7. The van der Waals surface area contributed by atoms with Gasteiger partial charge in [0.2, 0.25) is 0 Å². The SMILES string of the molecule is Fc1cc(F)c2c(c1)CCCN2Cn1nc(-c2cccnc2)n(Cc2ccccc2)c1=S. The smallest absolute Gasteiger partial charge is 0.200 e. The first kappa shape index (κ1) is 20.5. The van der Waals surface area contributed by atoms with E-state index in [1.807, 2.05) is 51.9 Å². The molecule has 5 rings (SSSR count). The van der Waals surface area contributed by atoms with Crippen LogP contribution >= 0.6 is 12.2 Å². The van der Waals surface area contributed by atoms with E-state index in [4.69, 9.17) is 17.3 Å². The Kier molecular flexibility index (Phi) is 5.53. The Hall–Kier alpha value is -3.39. The molecule has 4 aromatic rings. The highest BCUT2D eigenvalue weighted by Crippen LogP contribution is 2.31. The number of rotatable bonds is 5. The van der Waals surface area contributed by atoms with Crippen molar-refractivity contribution in [3.63, 3.8) is 0 Å². The molecule has 0 atom stereocenters. The van der Waals surface area contributed by atoms with Crippen molar-refractivity contribution in [2.24, 2.45) is 0 Å². The number of aryl methyl sites for hydroxylation is 1. The van der Waals surface area contributed by atoms with Gasteiger partial charge < -0.3 is 4.90 Å². The lowest BCUT2D eigenvalue weighted by molar-refractivity contribution is 0.516. The van der Waals surface area contributed by atoms with Gasteiger partial charge in [0.15, 0.2) is 10.6 Å². The monoisotopic (exact) mass is 449 g/mol. The fourth-order valence-electron chi connectivity index (χ4n) is 4.19. The Balaban J connectivity index is 1.56. The lowest BCUT2D eigenvalue weighted by atomic mass is 10.0. The zero-order valence-electron chi connectivity index (χ0n) is 17.3. The molecule has 0 saturated heterocycles. The van der Waals surface area contributed by atoms with Gasteiger partial charge in [0.05, 0.1) is 12.2 Å². The number of halogens is 2. The Labute approximate surface area is 189 Å². The maximum Gasteiger partial charge on any atom is 0.200 e. The summed E-state index contributed by atoms with van der Waals surface area (Å²) < 4.78 is 32.6. The highest BCUT2D eigenvalue weighted by molar-refractivity contribution is 7.71. The number of hydrogen-bond acceptors (Lipinski definition) is 4. The van der Waals surface area contributed by atoms with Gasteiger partial charge >= 0.3 is 0 Å². The van der Waals surface area contributed by atoms with E-state index in [9.17, 15) is 8.78 Å². The Morgan fingerprint density at radius 1 is 1.03 bits per heavy atom. The largest absolute Gasteiger partial charge is 0.349 e. The van der Waals surface area contributed by atoms with Crippen LogP contribution in [0.5, 0.6) is 0 Å². The van der Waals surface area contributed by atoms with Crippen molar-refractivity contribution in [2.45, 2.75) is 26.1 Å². The fourth-order valence-corrected chi connectivity index (χ4v) is 4.44. The third-order valence-electron chi connectivity index (χ3n) is 5.63. The Bertz CT molecular complexity index is 1300. The molecule has 0 aliphatic carbocycles. The predicted molar refractivity (Wildman–Crippen MR) is 122 cm³/mol. The van der Waals surface area contributed by atoms with Crippen LogP contribution in [0.3, 0.4) is 0 Å². The highest BCUT2D eigenvalue weighted by Gasteiger charge is 2.24. The van der Waals surface area contributed by atoms with Crippen molar-refractivity contribution in [1.29, 1.82) is 0 Å². The minimum absolute atomic E-state index is 0.281. The van der Waals surface area contributed by atoms with Crippen LogP contribution in [0.1, 0.15) is 17.5 Å². The lowest BCUT2D eigenvalue weighted by Crippen LogP contribution is -2.33. The Morgan fingerprint density at radius 3 is 2.66 bits per heavy atom. The minimum Gasteiger partial charge on any atom is -0.349 e. The van der Waals surface area contributed by atoms with E-state index in [0.29, 0.717) is 41.4 Å². The number of hydrogen-bond donors (Lipinski definition) is 0. The van der Waals surface area contributed by atoms with Crippen LogP contribution in [0.15, 0.2) is 67.0 Å². The maximum atomic E-state index is 14.7. The predicted octanol–water partition coefficient (Wildman–Crippen LogP) is 5.21. The van der Waals surface area contributed by atoms with Crippen LogP contribution in [-0.4, -0.2) is 25.9 Å². The normalized spacial score (nSPS) is 13.2. The third kappa shape index (κ3) is 3.93. The molecule has 0 bridgehead atoms. The second-order valence-corrected chi connectivity index (χ2v) is 8.19. The van der Waals surface area contributed by atoms with E-state index >= 15 is 0 Å². The van der Waals surface area contributed by atoms with E-state index in [0.717, 1.165) is 23.6 Å². The molecule has 162 valence electrons. The zero-order valence-corrected chi connectivity index (χ0v) is 18.1. The standard InChI is InChI=1S/C24H21F2N5S/c25-20-12-18-9-5-11-29(22(18)21(26)13-20)16-31-24(32)30(15-17-6-2-1-3-7-17)23(28-31)19-8-4-10-27-14-19/h1-4,6-8,10,12-14H,5,9,11,15-16H2. The van der Waals surface area contributed by atoms with E-state index in [2.05, 4.69) is 4.98 Å². The molecule has 0 fully saturated rings. The lowest BCUT2D eigenvalue weighted by Gasteiger charge is -2.31. The van der Waals surface area contributed by atoms with Gasteiger partial charge in [-0.3, -0.25) is 9.55 Å². The molecule has 3 heterocycles. The van der Waals surface area contributed by atoms with Crippen molar-refractivity contribution in [2.75, 3.05) is 11.4 Å². The van der Waals surface area contributed by atoms with Crippen molar-refractivity contribution in [3.8, 4) is 11.4 Å². The van der Waals surface area contributed by atoms with E-state index in [-0.39, 0.29) is 6.67 Å². The second kappa shape index (κ2) is 8.63. The number of nitrogens with zero attached hydrogens (tertiary/aromatic N) is 5. The van der Waals surface area contributed by atoms with Crippen LogP contribution in [-0.2, 0) is 19.6 Å². The summed E-state index contributed by atoms with van der Waals surface area (Å²) in [4.78, 5) is 6.11. The van der Waals surface area contributed by atoms with Gasteiger partial charge in [-0.15, -0.1) is 5.10 Å². The first-order valence-corrected chi connectivity index (χ1v) is 10.9. The number of benzene rings is 2. The fraction of sp³-hybridized carbons (Fsp3) is 0.208. The molecular formula is C24H21F2N5S. The van der Waals surface area contributed by atoms with Crippen LogP contribution in [0, 0.1) is 16.4 Å². The molecule has 8 heteroatoms. The highest BCUT2D eigenvalue weighted by atomic mass is 32.1. The molecule has 32 heavy (non-hydrogen) atoms. The van der Waals surface area contributed by atoms with Crippen LogP contribution < -0.4 is 4.90 Å². The number of pyridine rings is 1. The molecule has 1 aliphatic rings. The second-order valence-electron chi connectivity index (χ2n) is 7.82. The average molecular weight is 450 g/mol. The average Bonchev–Trinajstić information content (AvgIpc) is 3.10. The van der Waals surface area contributed by atoms with E-state index in [1.165, 1.54) is 6.07 Å². The summed E-state index contributed by atoms with van der Waals surface area (Å²) in [6, 6.07) is 16.2. The third-order valence-corrected chi connectivity index (χ3v) is 6.06. The number of aromatic nitrogens is 4. The summed E-state index contributed by atoms with van der Waals surface area (Å²) in [5, 5.41) is 4.79. The molecule has 0 spiro atoms. The summed E-state index contributed by atoms with van der Waals surface area (Å²) >= 11 is 5.80. The van der Waals surface area contributed by atoms with Gasteiger partial charge in [0.25, 0.3) is 0 Å². The number of anilines is 1. The van der Waals surface area contributed by atoms with Crippen LogP contribution in [0.2, 0.25) is 0 Å². The molecule has 0 unspecified atom stereocenters. The van der Waals surface area contributed by atoms with E-state index < -0.39 is 11.6 Å². The van der Waals surface area contributed by atoms with Crippen molar-refractivity contribution < 1.29 is 8.78 Å². The van der Waals surface area contributed by atoms with Gasteiger partial charge in [-0.25, -0.2) is 13.5 Å².